The van der Waals surface area contributed by atoms with Crippen LogP contribution >= 0.6 is 0 Å². The number of hydrogen-bond acceptors (Lipinski definition) is 2. The summed E-state index contributed by atoms with van der Waals surface area (Å²) in [5.41, 5.74) is -0.738. The van der Waals surface area contributed by atoms with E-state index in [1.54, 1.807) is 0 Å². The molecule has 0 N–H and O–H groups in total. The van der Waals surface area contributed by atoms with Gasteiger partial charge in [-0.1, -0.05) is 55.4 Å². The Kier molecular flexibility index (Phi) is 4.49. The molecule has 0 radical (unpaired) electrons. The first kappa shape index (κ1) is 15.3. The van der Waals surface area contributed by atoms with Crippen molar-refractivity contribution in [2.45, 2.75) is 55.4 Å². The molecule has 0 aliphatic heterocycles. The van der Waals surface area contributed by atoms with E-state index in [0.29, 0.717) is 0 Å². The molecule has 0 aliphatic carbocycles. The zero-order valence-electron chi connectivity index (χ0n) is 12.0. The highest BCUT2D eigenvalue weighted by atomic mass is 16.1. The standard InChI is InChI=1S/C14H26O2/c1-9(11(15)13(3,4)5)10(2)12(16)14(6,7)8/h9-10H,1-8H3. The van der Waals surface area contributed by atoms with Crippen molar-refractivity contribution in [1.82, 2.24) is 0 Å². The van der Waals surface area contributed by atoms with E-state index in [1.165, 1.54) is 0 Å². The number of carbonyl (C=O) groups is 2. The molecule has 0 aromatic carbocycles. The number of carbonyl (C=O) groups excluding carboxylic acids is 2. The van der Waals surface area contributed by atoms with Gasteiger partial charge in [0.1, 0.15) is 11.6 Å². The largest absolute Gasteiger partial charge is 0.299 e. The molecule has 94 valence electrons. The fourth-order valence-corrected chi connectivity index (χ4v) is 1.82. The Hall–Kier alpha value is -0.660. The van der Waals surface area contributed by atoms with Crippen molar-refractivity contribution < 1.29 is 9.59 Å². The fourth-order valence-electron chi connectivity index (χ4n) is 1.82. The van der Waals surface area contributed by atoms with Gasteiger partial charge in [0.25, 0.3) is 0 Å². The summed E-state index contributed by atoms with van der Waals surface area (Å²) in [7, 11) is 0. The summed E-state index contributed by atoms with van der Waals surface area (Å²) in [5.74, 6) is -0.0753. The van der Waals surface area contributed by atoms with Crippen molar-refractivity contribution in [2.75, 3.05) is 0 Å². The Labute approximate surface area is 99.8 Å². The summed E-state index contributed by atoms with van der Waals surface area (Å²) in [6, 6.07) is 0. The molecule has 0 bridgehead atoms. The van der Waals surface area contributed by atoms with Crippen molar-refractivity contribution >= 4 is 11.6 Å². The molecule has 0 heterocycles. The lowest BCUT2D eigenvalue weighted by atomic mass is 9.73. The molecule has 0 spiro atoms. The second kappa shape index (κ2) is 4.68. The van der Waals surface area contributed by atoms with Crippen molar-refractivity contribution in [2.24, 2.45) is 22.7 Å². The monoisotopic (exact) mass is 226 g/mol. The predicted octanol–water partition coefficient (Wildman–Crippen LogP) is 3.49. The zero-order valence-corrected chi connectivity index (χ0v) is 12.0. The first-order chi connectivity index (χ1) is 6.89. The molecular formula is C14H26O2. The Bertz CT molecular complexity index is 246. The third-order valence-corrected chi connectivity index (χ3v) is 3.06. The molecule has 2 atom stereocenters. The summed E-state index contributed by atoms with van der Waals surface area (Å²) < 4.78 is 0. The van der Waals surface area contributed by atoms with Crippen molar-refractivity contribution in [3.05, 3.63) is 0 Å². The van der Waals surface area contributed by atoms with Crippen LogP contribution in [0.2, 0.25) is 0 Å². The van der Waals surface area contributed by atoms with Crippen LogP contribution in [-0.2, 0) is 9.59 Å². The average molecular weight is 226 g/mol. The maximum Gasteiger partial charge on any atom is 0.141 e. The van der Waals surface area contributed by atoms with E-state index in [2.05, 4.69) is 0 Å². The number of ketones is 2. The highest BCUT2D eigenvalue weighted by molar-refractivity contribution is 5.93. The Balaban J connectivity index is 4.83. The molecule has 0 aromatic rings. The molecule has 2 nitrogen and oxygen atoms in total. The Morgan fingerprint density at radius 2 is 0.875 bits per heavy atom. The molecule has 0 saturated heterocycles. The van der Waals surface area contributed by atoms with Crippen LogP contribution in [0.3, 0.4) is 0 Å². The topological polar surface area (TPSA) is 34.1 Å². The van der Waals surface area contributed by atoms with Gasteiger partial charge in [-0.2, -0.15) is 0 Å². The molecule has 2 heteroatoms. The predicted molar refractivity (Wildman–Crippen MR) is 67.3 cm³/mol. The SMILES string of the molecule is CC(C(=O)C(C)(C)C)C(C)C(=O)C(C)(C)C. The van der Waals surface area contributed by atoms with E-state index >= 15 is 0 Å². The van der Waals surface area contributed by atoms with Crippen molar-refractivity contribution in [1.29, 1.82) is 0 Å². The van der Waals surface area contributed by atoms with Gasteiger partial charge in [0.2, 0.25) is 0 Å². The van der Waals surface area contributed by atoms with Crippen LogP contribution < -0.4 is 0 Å². The lowest BCUT2D eigenvalue weighted by Gasteiger charge is -2.29. The van der Waals surface area contributed by atoms with E-state index in [9.17, 15) is 9.59 Å². The van der Waals surface area contributed by atoms with Gasteiger partial charge in [-0.3, -0.25) is 9.59 Å². The summed E-state index contributed by atoms with van der Waals surface area (Å²) in [6.07, 6.45) is 0. The van der Waals surface area contributed by atoms with Crippen LogP contribution in [0.5, 0.6) is 0 Å². The number of Topliss-reactive ketones (excluding diaryl/α,β-unsaturated/α-hetero) is 2. The summed E-state index contributed by atoms with van der Waals surface area (Å²) in [6.45, 7) is 15.1. The normalized spacial score (nSPS) is 16.8. The molecule has 0 rings (SSSR count). The van der Waals surface area contributed by atoms with Crippen LogP contribution in [0.25, 0.3) is 0 Å². The van der Waals surface area contributed by atoms with E-state index in [4.69, 9.17) is 0 Å². The minimum atomic E-state index is -0.369. The van der Waals surface area contributed by atoms with E-state index in [-0.39, 0.29) is 34.2 Å². The zero-order chi connectivity index (χ0) is 13.3. The Morgan fingerprint density at radius 3 is 1.00 bits per heavy atom. The molecule has 0 aromatic heterocycles. The summed E-state index contributed by atoms with van der Waals surface area (Å²) in [5, 5.41) is 0. The van der Waals surface area contributed by atoms with E-state index in [1.807, 2.05) is 55.4 Å². The van der Waals surface area contributed by atoms with Crippen LogP contribution in [0, 0.1) is 22.7 Å². The molecular weight excluding hydrogens is 200 g/mol. The van der Waals surface area contributed by atoms with Gasteiger partial charge < -0.3 is 0 Å². The first-order valence-corrected chi connectivity index (χ1v) is 5.97. The average Bonchev–Trinajstić information content (AvgIpc) is 2.10. The minimum absolute atomic E-state index is 0.164. The van der Waals surface area contributed by atoms with Gasteiger partial charge >= 0.3 is 0 Å². The lowest BCUT2D eigenvalue weighted by molar-refractivity contribution is -0.139. The van der Waals surface area contributed by atoms with Gasteiger partial charge in [-0.15, -0.1) is 0 Å². The highest BCUT2D eigenvalue weighted by Gasteiger charge is 2.36. The van der Waals surface area contributed by atoms with Gasteiger partial charge in [0.15, 0.2) is 0 Å². The van der Waals surface area contributed by atoms with Crippen molar-refractivity contribution in [3.8, 4) is 0 Å². The van der Waals surface area contributed by atoms with Crippen LogP contribution in [0.15, 0.2) is 0 Å². The molecule has 0 fully saturated rings. The van der Waals surface area contributed by atoms with Gasteiger partial charge in [-0.05, 0) is 0 Å². The molecule has 0 saturated carbocycles. The smallest absolute Gasteiger partial charge is 0.141 e. The first-order valence-electron chi connectivity index (χ1n) is 5.97. The maximum atomic E-state index is 12.1. The van der Waals surface area contributed by atoms with E-state index in [0.717, 1.165) is 0 Å². The van der Waals surface area contributed by atoms with E-state index < -0.39 is 0 Å². The fraction of sp³-hybridized carbons (Fsp3) is 0.857. The summed E-state index contributed by atoms with van der Waals surface area (Å²) in [4.78, 5) is 24.2. The summed E-state index contributed by atoms with van der Waals surface area (Å²) >= 11 is 0. The van der Waals surface area contributed by atoms with Crippen LogP contribution in [-0.4, -0.2) is 11.6 Å². The lowest BCUT2D eigenvalue weighted by Crippen LogP contribution is -2.37. The molecule has 0 aliphatic rings. The maximum absolute atomic E-state index is 12.1. The molecule has 16 heavy (non-hydrogen) atoms. The molecule has 2 unspecified atom stereocenters. The van der Waals surface area contributed by atoms with Gasteiger partial charge in [-0.25, -0.2) is 0 Å². The van der Waals surface area contributed by atoms with Gasteiger partial charge in [0, 0.05) is 22.7 Å². The number of hydrogen-bond donors (Lipinski definition) is 0. The number of rotatable bonds is 3. The van der Waals surface area contributed by atoms with Crippen molar-refractivity contribution in [3.63, 3.8) is 0 Å². The molecule has 0 amide bonds. The highest BCUT2D eigenvalue weighted by Crippen LogP contribution is 2.29. The van der Waals surface area contributed by atoms with Crippen LogP contribution in [0.4, 0.5) is 0 Å². The quantitative estimate of drug-likeness (QED) is 0.738. The van der Waals surface area contributed by atoms with Crippen LogP contribution in [0.1, 0.15) is 55.4 Å². The Morgan fingerprint density at radius 1 is 0.688 bits per heavy atom. The second-order valence-electron chi connectivity index (χ2n) is 6.81. The second-order valence-corrected chi connectivity index (χ2v) is 6.81. The third-order valence-electron chi connectivity index (χ3n) is 3.06. The minimum Gasteiger partial charge on any atom is -0.299 e. The third kappa shape index (κ3) is 3.73. The van der Waals surface area contributed by atoms with Gasteiger partial charge in [0.05, 0.1) is 0 Å².